The summed E-state index contributed by atoms with van der Waals surface area (Å²) < 4.78 is 6.07. The number of hydrazone groups is 1. The Morgan fingerprint density at radius 1 is 1.20 bits per heavy atom. The molecule has 2 fully saturated rings. The van der Waals surface area contributed by atoms with Crippen molar-refractivity contribution in [3.05, 3.63) is 32.7 Å². The lowest BCUT2D eigenvalue weighted by Gasteiger charge is -2.13. The van der Waals surface area contributed by atoms with E-state index in [9.17, 15) is 14.7 Å². The quantitative estimate of drug-likeness (QED) is 0.419. The van der Waals surface area contributed by atoms with Crippen molar-refractivity contribution in [2.24, 2.45) is 28.8 Å². The molecule has 4 atom stereocenters. The highest BCUT2D eigenvalue weighted by molar-refractivity contribution is 9.13. The van der Waals surface area contributed by atoms with Crippen LogP contribution in [0.1, 0.15) is 12.0 Å². The van der Waals surface area contributed by atoms with Gasteiger partial charge in [0, 0.05) is 10.0 Å². The molecule has 0 radical (unpaired) electrons. The van der Waals surface area contributed by atoms with Gasteiger partial charge in [0.25, 0.3) is 11.8 Å². The number of phenols is 1. The summed E-state index contributed by atoms with van der Waals surface area (Å²) in [4.78, 5) is 25.2. The number of methoxy groups -OCH3 is 1. The van der Waals surface area contributed by atoms with E-state index in [0.29, 0.717) is 14.5 Å². The molecule has 0 spiro atoms. The minimum absolute atomic E-state index is 0.0444. The van der Waals surface area contributed by atoms with Crippen LogP contribution in [0.15, 0.2) is 32.3 Å². The van der Waals surface area contributed by atoms with Crippen molar-refractivity contribution < 1.29 is 19.4 Å². The van der Waals surface area contributed by atoms with Crippen molar-refractivity contribution in [1.82, 2.24) is 5.01 Å². The van der Waals surface area contributed by atoms with Gasteiger partial charge in [-0.05, 0) is 56.2 Å². The molecule has 2 amide bonds. The van der Waals surface area contributed by atoms with Crippen molar-refractivity contribution in [3.8, 4) is 11.5 Å². The van der Waals surface area contributed by atoms with Crippen LogP contribution >= 0.6 is 31.9 Å². The maximum absolute atomic E-state index is 12.6. The van der Waals surface area contributed by atoms with Gasteiger partial charge in [0.2, 0.25) is 0 Å². The SMILES string of the molecule is COc1cc(C=NN2C(=O)[C@@H]3[C@H](C2=O)[C@H]2C=C[C@H]3C2)c(Br)c(Br)c1O. The van der Waals surface area contributed by atoms with E-state index < -0.39 is 0 Å². The average Bonchev–Trinajstić information content (AvgIpc) is 3.28. The number of phenolic OH excluding ortho intramolecular Hbond substituents is 1. The van der Waals surface area contributed by atoms with E-state index >= 15 is 0 Å². The second kappa shape index (κ2) is 5.95. The van der Waals surface area contributed by atoms with Crippen molar-refractivity contribution in [2.45, 2.75) is 6.42 Å². The summed E-state index contributed by atoms with van der Waals surface area (Å²) in [6.07, 6.45) is 6.40. The number of fused-ring (bicyclic) bond motifs is 5. The van der Waals surface area contributed by atoms with Crippen LogP contribution in [-0.4, -0.2) is 35.3 Å². The van der Waals surface area contributed by atoms with Gasteiger partial charge in [0.05, 0.1) is 29.6 Å². The monoisotopic (exact) mass is 468 g/mol. The summed E-state index contributed by atoms with van der Waals surface area (Å²) in [5.74, 6) is -0.490. The standard InChI is InChI=1S/C17H14Br2N2O4/c1-25-10-5-9(13(18)14(19)15(10)22)6-20-21-16(23)11-7-2-3-8(4-7)12(11)17(21)24/h2-3,5-8,11-12,22H,4H2,1H3/t7-,8-,11-,12+/m0/s1. The number of halogens is 2. The Morgan fingerprint density at radius 3 is 2.36 bits per heavy atom. The third-order valence-corrected chi connectivity index (χ3v) is 7.31. The third-order valence-electron chi connectivity index (χ3n) is 5.15. The molecule has 1 saturated carbocycles. The second-order valence-electron chi connectivity index (χ2n) is 6.38. The van der Waals surface area contributed by atoms with Gasteiger partial charge in [0.15, 0.2) is 11.5 Å². The summed E-state index contributed by atoms with van der Waals surface area (Å²) in [5.41, 5.74) is 0.570. The zero-order chi connectivity index (χ0) is 17.9. The molecule has 6 nitrogen and oxygen atoms in total. The second-order valence-corrected chi connectivity index (χ2v) is 7.96. The van der Waals surface area contributed by atoms with Gasteiger partial charge in [-0.1, -0.05) is 12.2 Å². The minimum atomic E-state index is -0.274. The topological polar surface area (TPSA) is 79.2 Å². The molecule has 2 bridgehead atoms. The summed E-state index contributed by atoms with van der Waals surface area (Å²) in [5, 5.41) is 15.1. The van der Waals surface area contributed by atoms with Crippen LogP contribution in [0.25, 0.3) is 0 Å². The summed E-state index contributed by atoms with van der Waals surface area (Å²) in [7, 11) is 1.44. The van der Waals surface area contributed by atoms with E-state index in [1.165, 1.54) is 13.3 Å². The molecular weight excluding hydrogens is 456 g/mol. The van der Waals surface area contributed by atoms with Gasteiger partial charge in [-0.15, -0.1) is 0 Å². The molecule has 0 unspecified atom stereocenters. The van der Waals surface area contributed by atoms with E-state index in [0.717, 1.165) is 11.4 Å². The molecule has 0 aromatic heterocycles. The van der Waals surface area contributed by atoms with Crippen molar-refractivity contribution >= 4 is 49.9 Å². The molecule has 4 rings (SSSR count). The lowest BCUT2D eigenvalue weighted by Crippen LogP contribution is -2.28. The van der Waals surface area contributed by atoms with Crippen LogP contribution in [0.4, 0.5) is 0 Å². The number of hydrogen-bond donors (Lipinski definition) is 1. The number of ether oxygens (including phenoxy) is 1. The molecule has 25 heavy (non-hydrogen) atoms. The molecule has 130 valence electrons. The number of hydrogen-bond acceptors (Lipinski definition) is 5. The predicted octanol–water partition coefficient (Wildman–Crippen LogP) is 3.07. The first-order valence-electron chi connectivity index (χ1n) is 7.79. The highest BCUT2D eigenvalue weighted by Gasteiger charge is 2.59. The fourth-order valence-corrected chi connectivity index (χ4v) is 4.81. The molecule has 1 aliphatic heterocycles. The van der Waals surface area contributed by atoms with E-state index in [1.54, 1.807) is 6.07 Å². The molecule has 1 N–H and O–H groups in total. The summed E-state index contributed by atoms with van der Waals surface area (Å²) >= 11 is 6.63. The van der Waals surface area contributed by atoms with Crippen molar-refractivity contribution in [2.75, 3.05) is 7.11 Å². The Hall–Kier alpha value is -1.67. The fourth-order valence-electron chi connectivity index (χ4n) is 3.98. The highest BCUT2D eigenvalue weighted by Crippen LogP contribution is 2.52. The highest BCUT2D eigenvalue weighted by atomic mass is 79.9. The number of nitrogens with zero attached hydrogens (tertiary/aromatic N) is 2. The fraction of sp³-hybridized carbons (Fsp3) is 0.353. The number of benzene rings is 1. The van der Waals surface area contributed by atoms with Gasteiger partial charge < -0.3 is 9.84 Å². The van der Waals surface area contributed by atoms with E-state index in [1.807, 2.05) is 12.2 Å². The van der Waals surface area contributed by atoms with Crippen LogP contribution in [-0.2, 0) is 9.59 Å². The van der Waals surface area contributed by atoms with Crippen LogP contribution in [0.5, 0.6) is 11.5 Å². The normalized spacial score (nSPS) is 30.0. The Kier molecular flexibility index (Phi) is 3.99. The summed E-state index contributed by atoms with van der Waals surface area (Å²) in [6, 6.07) is 1.57. The Labute approximate surface area is 160 Å². The van der Waals surface area contributed by atoms with Gasteiger partial charge >= 0.3 is 0 Å². The van der Waals surface area contributed by atoms with Crippen molar-refractivity contribution in [1.29, 1.82) is 0 Å². The molecule has 1 heterocycles. The molecule has 1 saturated heterocycles. The van der Waals surface area contributed by atoms with Gasteiger partial charge in [-0.25, -0.2) is 0 Å². The molecule has 3 aliphatic rings. The Bertz CT molecular complexity index is 822. The molecule has 1 aromatic carbocycles. The van der Waals surface area contributed by atoms with Crippen LogP contribution in [0.2, 0.25) is 0 Å². The Balaban J connectivity index is 1.64. The average molecular weight is 470 g/mol. The first-order valence-corrected chi connectivity index (χ1v) is 9.37. The number of amides is 2. The number of carbonyl (C=O) groups is 2. The third kappa shape index (κ3) is 2.38. The molecular formula is C17H14Br2N2O4. The number of carbonyl (C=O) groups excluding carboxylic acids is 2. The van der Waals surface area contributed by atoms with E-state index in [4.69, 9.17) is 4.74 Å². The van der Waals surface area contributed by atoms with Crippen LogP contribution < -0.4 is 4.74 Å². The first-order chi connectivity index (χ1) is 11.9. The maximum Gasteiger partial charge on any atom is 0.254 e. The maximum atomic E-state index is 12.6. The van der Waals surface area contributed by atoms with Crippen LogP contribution in [0, 0.1) is 23.7 Å². The minimum Gasteiger partial charge on any atom is -0.503 e. The number of rotatable bonds is 3. The number of imide groups is 1. The molecule has 8 heteroatoms. The zero-order valence-corrected chi connectivity index (χ0v) is 16.3. The number of allylic oxidation sites excluding steroid dienone is 2. The zero-order valence-electron chi connectivity index (χ0n) is 13.1. The van der Waals surface area contributed by atoms with Gasteiger partial charge in [0.1, 0.15) is 0 Å². The van der Waals surface area contributed by atoms with Gasteiger partial charge in [-0.3, -0.25) is 9.59 Å². The number of aromatic hydroxyl groups is 1. The van der Waals surface area contributed by atoms with Crippen molar-refractivity contribution in [3.63, 3.8) is 0 Å². The lowest BCUT2D eigenvalue weighted by molar-refractivity contribution is -0.140. The first kappa shape index (κ1) is 16.8. The van der Waals surface area contributed by atoms with E-state index in [-0.39, 0.29) is 47.0 Å². The Morgan fingerprint density at radius 2 is 1.80 bits per heavy atom. The predicted molar refractivity (Wildman–Crippen MR) is 97.2 cm³/mol. The van der Waals surface area contributed by atoms with E-state index in [2.05, 4.69) is 37.0 Å². The largest absolute Gasteiger partial charge is 0.503 e. The molecule has 1 aromatic rings. The molecule has 2 aliphatic carbocycles. The van der Waals surface area contributed by atoms with Gasteiger partial charge in [-0.2, -0.15) is 10.1 Å². The summed E-state index contributed by atoms with van der Waals surface area (Å²) in [6.45, 7) is 0. The smallest absolute Gasteiger partial charge is 0.254 e. The lowest BCUT2D eigenvalue weighted by atomic mass is 9.85. The van der Waals surface area contributed by atoms with Crippen LogP contribution in [0.3, 0.4) is 0 Å².